The average molecular weight is 1050 g/mol. The smallest absolute Gasteiger partial charge is 0.163 e. The van der Waals surface area contributed by atoms with Crippen LogP contribution in [0, 0.1) is 11.6 Å². The summed E-state index contributed by atoms with van der Waals surface area (Å²) in [7, 11) is 3.18. The average Bonchev–Trinajstić information content (AvgIpc) is 4.10. The molecule has 4 aliphatic rings. The Hall–Kier alpha value is -4.77. The zero-order valence-corrected chi connectivity index (χ0v) is 39.2. The van der Waals surface area contributed by atoms with Crippen molar-refractivity contribution in [1.29, 1.82) is 0 Å². The van der Waals surface area contributed by atoms with Gasteiger partial charge in [-0.2, -0.15) is 0 Å². The molecule has 4 saturated heterocycles. The maximum absolute atomic E-state index is 14.3. The molecular weight excluding hydrogens is 1000 g/mol. The van der Waals surface area contributed by atoms with Crippen LogP contribution in [0.25, 0.3) is 21.8 Å². The minimum absolute atomic E-state index is 0.156. The Morgan fingerprint density at radius 3 is 1.66 bits per heavy atom. The Bertz CT molecular complexity index is 2590. The molecule has 4 aromatic carbocycles. The van der Waals surface area contributed by atoms with Crippen LogP contribution in [0.15, 0.2) is 82.3 Å². The highest BCUT2D eigenvalue weighted by Crippen LogP contribution is 2.36. The number of fused-ring (bicyclic) bond motifs is 4. The van der Waals surface area contributed by atoms with Crippen LogP contribution < -0.4 is 30.0 Å². The number of nitrogens with one attached hydrogen (secondary N) is 1. The second-order valence-electron chi connectivity index (χ2n) is 15.1. The van der Waals surface area contributed by atoms with E-state index in [1.165, 1.54) is 30.9 Å². The van der Waals surface area contributed by atoms with Crippen molar-refractivity contribution in [1.82, 2.24) is 29.7 Å². The number of halogens is 5. The van der Waals surface area contributed by atoms with E-state index in [0.29, 0.717) is 86.3 Å². The number of methoxy groups -OCH3 is 2. The van der Waals surface area contributed by atoms with Gasteiger partial charge in [-0.3, -0.25) is 9.80 Å². The van der Waals surface area contributed by atoms with Gasteiger partial charge in [-0.25, -0.2) is 28.7 Å². The number of ether oxygens (including phenoxy) is 8. The maximum atomic E-state index is 14.3. The number of anilines is 3. The highest BCUT2D eigenvalue weighted by atomic mass is 79.9. The number of aromatic nitrogens is 4. The Balaban J connectivity index is 0.000000153. The Morgan fingerprint density at radius 1 is 0.662 bits per heavy atom. The zero-order chi connectivity index (χ0) is 45.5. The summed E-state index contributed by atoms with van der Waals surface area (Å²) in [6.07, 6.45) is 3.56. The molecule has 6 heterocycles. The van der Waals surface area contributed by atoms with Gasteiger partial charge in [0.15, 0.2) is 23.0 Å². The molecule has 10 rings (SSSR count). The molecule has 21 heteroatoms. The largest absolute Gasteiger partial charge is 0.493 e. The van der Waals surface area contributed by atoms with E-state index in [0.717, 1.165) is 50.2 Å². The predicted octanol–water partition coefficient (Wildman–Crippen LogP) is 7.62. The highest BCUT2D eigenvalue weighted by Gasteiger charge is 2.39. The summed E-state index contributed by atoms with van der Waals surface area (Å²) in [5.41, 5.74) is 7.07. The van der Waals surface area contributed by atoms with Gasteiger partial charge >= 0.3 is 0 Å². The monoisotopic (exact) mass is 1040 g/mol. The number of nitrogens with two attached hydrogens (primary N) is 1. The van der Waals surface area contributed by atoms with Gasteiger partial charge in [-0.05, 0) is 48.5 Å². The van der Waals surface area contributed by atoms with Gasteiger partial charge < -0.3 is 48.9 Å². The molecule has 344 valence electrons. The minimum atomic E-state index is -0.389. The molecular formula is C44H45Br2ClF2N8O8. The SMILES string of the molecule is COc1cc2c(Cl)ncnc2cc1OCCN1C[C@@H]2OCO[C@@H]2C1.COc1cc2c(Nc3ccc(Br)cc3F)ncnc2cc1OCCN1C[C@@H]2OCO[C@@H]2C1.Nc1ccc(Br)cc1F. The fraction of sp³-hybridized carbons (Fsp3) is 0.364. The first-order valence-corrected chi connectivity index (χ1v) is 22.4. The Labute approximate surface area is 394 Å². The quantitative estimate of drug-likeness (QED) is 0.0906. The van der Waals surface area contributed by atoms with Crippen LogP contribution in [0.4, 0.5) is 26.0 Å². The molecule has 4 aliphatic heterocycles. The first-order chi connectivity index (χ1) is 31.5. The number of hydrogen-bond donors (Lipinski definition) is 2. The van der Waals surface area contributed by atoms with Crippen LogP contribution in [0.1, 0.15) is 0 Å². The van der Waals surface area contributed by atoms with Crippen molar-refractivity contribution in [2.45, 2.75) is 24.4 Å². The standard InChI is InChI=1S/C22H22BrFN4O4.C16H18ClN3O4.C6H5BrFN/c1-29-18-7-14-17(25-11-26-22(14)27-16-3-2-13(23)6-15(16)24)8-19(18)30-5-4-28-9-20-21(10-28)32-12-31-20;1-21-12-4-10-11(18-8-19-16(10)17)5-13(12)22-3-2-20-6-14-15(7-20)24-9-23-14;7-4-1-2-6(9)5(8)3-4/h2-3,6-8,11,20-21H,4-5,9-10,12H2,1H3,(H,25,26,27);4-5,8,14-15H,2-3,6-7,9H2,1H3;1-3H,9H2/t20-,21+;14-,15+;. The van der Waals surface area contributed by atoms with E-state index >= 15 is 0 Å². The van der Waals surface area contributed by atoms with Crippen molar-refractivity contribution in [3.05, 3.63) is 99.1 Å². The van der Waals surface area contributed by atoms with Gasteiger partial charge in [-0.15, -0.1) is 0 Å². The lowest BCUT2D eigenvalue weighted by Crippen LogP contribution is -2.28. The summed E-state index contributed by atoms with van der Waals surface area (Å²) in [4.78, 5) is 21.4. The number of nitrogens with zero attached hydrogens (tertiary/aromatic N) is 6. The lowest BCUT2D eigenvalue weighted by molar-refractivity contribution is 0.0137. The second-order valence-corrected chi connectivity index (χ2v) is 17.3. The van der Waals surface area contributed by atoms with Crippen molar-refractivity contribution >= 4 is 82.5 Å². The van der Waals surface area contributed by atoms with Crippen molar-refractivity contribution < 1.29 is 46.7 Å². The van der Waals surface area contributed by atoms with Crippen LogP contribution in [0.5, 0.6) is 23.0 Å². The molecule has 0 saturated carbocycles. The summed E-state index contributed by atoms with van der Waals surface area (Å²) in [6, 6.07) is 16.6. The van der Waals surface area contributed by atoms with Crippen molar-refractivity contribution in [3.63, 3.8) is 0 Å². The molecule has 4 fully saturated rings. The van der Waals surface area contributed by atoms with Gasteiger partial charge in [0.1, 0.15) is 86.5 Å². The molecule has 3 N–H and O–H groups in total. The lowest BCUT2D eigenvalue weighted by atomic mass is 10.2. The van der Waals surface area contributed by atoms with Crippen molar-refractivity contribution in [3.8, 4) is 23.0 Å². The van der Waals surface area contributed by atoms with E-state index in [-0.39, 0.29) is 41.7 Å². The molecule has 65 heavy (non-hydrogen) atoms. The van der Waals surface area contributed by atoms with Gasteiger partial charge in [0.05, 0.1) is 36.6 Å². The highest BCUT2D eigenvalue weighted by molar-refractivity contribution is 9.10. The Kier molecular flexibility index (Phi) is 15.6. The van der Waals surface area contributed by atoms with Gasteiger partial charge in [0.25, 0.3) is 0 Å². The van der Waals surface area contributed by atoms with E-state index in [1.54, 1.807) is 44.6 Å². The molecule has 2 aromatic heterocycles. The maximum Gasteiger partial charge on any atom is 0.163 e. The van der Waals surface area contributed by atoms with Gasteiger partial charge in [0, 0.05) is 71.1 Å². The topological polar surface area (TPSA) is 170 Å². The summed E-state index contributed by atoms with van der Waals surface area (Å²) in [6.45, 7) is 6.83. The van der Waals surface area contributed by atoms with E-state index in [4.69, 9.17) is 55.2 Å². The summed E-state index contributed by atoms with van der Waals surface area (Å²) < 4.78 is 73.1. The molecule has 16 nitrogen and oxygen atoms in total. The van der Waals surface area contributed by atoms with E-state index in [1.807, 2.05) is 12.1 Å². The fourth-order valence-corrected chi connectivity index (χ4v) is 8.46. The third kappa shape index (κ3) is 11.6. The molecule has 0 amide bonds. The molecule has 0 aliphatic carbocycles. The number of likely N-dealkylation sites (tertiary alicyclic amines) is 2. The normalized spacial score (nSPS) is 20.1. The van der Waals surface area contributed by atoms with E-state index in [9.17, 15) is 8.78 Å². The lowest BCUT2D eigenvalue weighted by Gasteiger charge is -2.18. The van der Waals surface area contributed by atoms with Crippen LogP contribution in [-0.2, 0) is 18.9 Å². The van der Waals surface area contributed by atoms with Gasteiger partial charge in [0.2, 0.25) is 0 Å². The van der Waals surface area contributed by atoms with E-state index in [2.05, 4.69) is 66.9 Å². The molecule has 0 unspecified atom stereocenters. The van der Waals surface area contributed by atoms with Crippen molar-refractivity contribution in [2.75, 3.05) is 91.3 Å². The number of rotatable bonds is 12. The van der Waals surface area contributed by atoms with Crippen molar-refractivity contribution in [2.24, 2.45) is 0 Å². The van der Waals surface area contributed by atoms with Crippen LogP contribution in [-0.4, -0.2) is 134 Å². The van der Waals surface area contributed by atoms with Crippen LogP contribution >= 0.6 is 43.5 Å². The summed E-state index contributed by atoms with van der Waals surface area (Å²) >= 11 is 12.5. The summed E-state index contributed by atoms with van der Waals surface area (Å²) in [5.74, 6) is 2.10. The minimum Gasteiger partial charge on any atom is -0.493 e. The number of nitrogen functional groups attached to an aromatic ring is 1. The summed E-state index contributed by atoms with van der Waals surface area (Å²) in [5, 5.41) is 4.87. The Morgan fingerprint density at radius 2 is 1.15 bits per heavy atom. The number of benzene rings is 4. The predicted molar refractivity (Wildman–Crippen MR) is 246 cm³/mol. The fourth-order valence-electron chi connectivity index (χ4n) is 7.60. The zero-order valence-electron chi connectivity index (χ0n) is 35.2. The third-order valence-electron chi connectivity index (χ3n) is 11.0. The third-order valence-corrected chi connectivity index (χ3v) is 12.3. The van der Waals surface area contributed by atoms with E-state index < -0.39 is 0 Å². The molecule has 6 aromatic rings. The second kappa shape index (κ2) is 21.7. The molecule has 0 radical (unpaired) electrons. The molecule has 0 bridgehead atoms. The van der Waals surface area contributed by atoms with Crippen LogP contribution in [0.2, 0.25) is 5.15 Å². The number of hydrogen-bond acceptors (Lipinski definition) is 16. The molecule has 4 atom stereocenters. The van der Waals surface area contributed by atoms with Gasteiger partial charge in [-0.1, -0.05) is 43.5 Å². The molecule has 0 spiro atoms. The first kappa shape index (κ1) is 46.7. The first-order valence-electron chi connectivity index (χ1n) is 20.5. The van der Waals surface area contributed by atoms with Crippen LogP contribution in [0.3, 0.4) is 0 Å².